The van der Waals surface area contributed by atoms with Crippen LogP contribution in [-0.2, 0) is 0 Å². The summed E-state index contributed by atoms with van der Waals surface area (Å²) in [6, 6.07) is 0. The third kappa shape index (κ3) is 2.25. The number of hydrogen-bond acceptors (Lipinski definition) is 0. The molecule has 0 aliphatic heterocycles. The molecule has 66 valence electrons. The van der Waals surface area contributed by atoms with Gasteiger partial charge in [0, 0.05) is 0 Å². The molecule has 0 saturated carbocycles. The zero-order valence-corrected chi connectivity index (χ0v) is 12.2. The quantitative estimate of drug-likeness (QED) is 0.637. The standard InChI is InChI=1S/C8H24SiTe/c1-9(2,3)10(4,5,6,7)8/h1-8H3. The Morgan fingerprint density at radius 1 is 0.700 bits per heavy atom. The summed E-state index contributed by atoms with van der Waals surface area (Å²) in [5, 5.41) is 0. The van der Waals surface area contributed by atoms with Gasteiger partial charge in [0.25, 0.3) is 0 Å². The van der Waals surface area contributed by atoms with E-state index in [1.807, 2.05) is 0 Å². The molecule has 2 heteroatoms. The van der Waals surface area contributed by atoms with Crippen LogP contribution in [0.4, 0.5) is 0 Å². The second kappa shape index (κ2) is 1.68. The second-order valence-corrected chi connectivity index (χ2v) is 64.7. The average Bonchev–Trinajstić information content (AvgIpc) is 1.16. The van der Waals surface area contributed by atoms with Gasteiger partial charge in [-0.15, -0.1) is 0 Å². The summed E-state index contributed by atoms with van der Waals surface area (Å²) >= 11 is -2.41. The van der Waals surface area contributed by atoms with Crippen molar-refractivity contribution in [3.63, 3.8) is 0 Å². The van der Waals surface area contributed by atoms with Crippen molar-refractivity contribution in [2.45, 2.75) is 44.5 Å². The van der Waals surface area contributed by atoms with E-state index in [0.29, 0.717) is 0 Å². The molecular weight excluding hydrogens is 252 g/mol. The Morgan fingerprint density at radius 3 is 0.800 bits per heavy atom. The monoisotopic (exact) mass is 278 g/mol. The molecule has 0 aromatic heterocycles. The van der Waals surface area contributed by atoms with Crippen molar-refractivity contribution in [1.82, 2.24) is 0 Å². The fraction of sp³-hybridized carbons (Fsp3) is 1.00. The molecule has 0 N–H and O–H groups in total. The summed E-state index contributed by atoms with van der Waals surface area (Å²) in [5.41, 5.74) is -0.918. The van der Waals surface area contributed by atoms with E-state index in [9.17, 15) is 0 Å². The minimum absolute atomic E-state index is 0.918. The van der Waals surface area contributed by atoms with Crippen molar-refractivity contribution < 1.29 is 0 Å². The van der Waals surface area contributed by atoms with E-state index < -0.39 is 20.3 Å². The van der Waals surface area contributed by atoms with E-state index in [0.717, 1.165) is 0 Å². The molecule has 10 heavy (non-hydrogen) atoms. The van der Waals surface area contributed by atoms with Gasteiger partial charge < -0.3 is 0 Å². The Labute approximate surface area is 64.7 Å². The summed E-state index contributed by atoms with van der Waals surface area (Å²) in [6.07, 6.45) is 0. The summed E-state index contributed by atoms with van der Waals surface area (Å²) < 4.78 is 0. The predicted molar refractivity (Wildman–Crippen MR) is 58.4 cm³/mol. The zero-order chi connectivity index (χ0) is 8.91. The van der Waals surface area contributed by atoms with E-state index in [4.69, 9.17) is 0 Å². The maximum absolute atomic E-state index is 2.56. The molecule has 0 radical (unpaired) electrons. The van der Waals surface area contributed by atoms with Gasteiger partial charge in [0.2, 0.25) is 0 Å². The van der Waals surface area contributed by atoms with Crippen molar-refractivity contribution in [1.29, 1.82) is 0 Å². The average molecular weight is 276 g/mol. The van der Waals surface area contributed by atoms with Gasteiger partial charge in [-0.2, -0.15) is 0 Å². The molecule has 0 aliphatic carbocycles. The molecule has 0 nitrogen and oxygen atoms in total. The van der Waals surface area contributed by atoms with E-state index in [1.54, 1.807) is 0 Å². The van der Waals surface area contributed by atoms with Crippen LogP contribution < -0.4 is 0 Å². The van der Waals surface area contributed by atoms with Crippen LogP contribution in [0, 0.1) is 0 Å². The molecule has 0 heterocycles. The molecule has 0 fully saturated rings. The van der Waals surface area contributed by atoms with Gasteiger partial charge in [-0.1, -0.05) is 0 Å². The predicted octanol–water partition coefficient (Wildman–Crippen LogP) is 3.91. The first-order valence-electron chi connectivity index (χ1n) is 3.75. The van der Waals surface area contributed by atoms with Gasteiger partial charge in [0.15, 0.2) is 0 Å². The normalized spacial score (nSPS) is 21.6. The summed E-state index contributed by atoms with van der Waals surface area (Å²) in [6.45, 7) is 7.54. The first-order valence-corrected chi connectivity index (χ1v) is 22.3. The Bertz CT molecular complexity index is 139. The Morgan fingerprint density at radius 2 is 0.800 bits per heavy atom. The molecule has 0 saturated heterocycles. The SMILES string of the molecule is C[Si](C)(C)[Te](C)(C)(C)(C)C. The van der Waals surface area contributed by atoms with Crippen molar-refractivity contribution in [2.75, 3.05) is 0 Å². The summed E-state index contributed by atoms with van der Waals surface area (Å²) in [5.74, 6) is 0. The van der Waals surface area contributed by atoms with Crippen LogP contribution in [0.2, 0.25) is 44.5 Å². The van der Waals surface area contributed by atoms with Crippen LogP contribution in [0.1, 0.15) is 0 Å². The molecule has 0 aromatic carbocycles. The van der Waals surface area contributed by atoms with Gasteiger partial charge in [-0.3, -0.25) is 0 Å². The van der Waals surface area contributed by atoms with Gasteiger partial charge in [0.05, 0.1) is 0 Å². The molecule has 0 bridgehead atoms. The molecule has 0 aromatic rings. The molecule has 0 aliphatic rings. The summed E-state index contributed by atoms with van der Waals surface area (Å²) in [7, 11) is 0. The van der Waals surface area contributed by atoms with Crippen molar-refractivity contribution >= 4 is 20.3 Å². The second-order valence-electron chi connectivity index (χ2n) is 7.22. The van der Waals surface area contributed by atoms with Crippen molar-refractivity contribution in [3.05, 3.63) is 0 Å². The first kappa shape index (κ1) is 11.0. The van der Waals surface area contributed by atoms with E-state index in [-0.39, 0.29) is 0 Å². The Kier molecular flexibility index (Phi) is 1.84. The molecule has 0 spiro atoms. The fourth-order valence-electron chi connectivity index (χ4n) is 0. The van der Waals surface area contributed by atoms with Crippen LogP contribution in [-0.4, -0.2) is 20.3 Å². The third-order valence-electron chi connectivity index (χ3n) is 3.06. The third-order valence-corrected chi connectivity index (χ3v) is 61.6. The topological polar surface area (TPSA) is 0 Å². The van der Waals surface area contributed by atoms with Crippen LogP contribution in [0.15, 0.2) is 0 Å². The van der Waals surface area contributed by atoms with Gasteiger partial charge in [0.1, 0.15) is 0 Å². The van der Waals surface area contributed by atoms with Gasteiger partial charge in [-0.05, 0) is 0 Å². The zero-order valence-electron chi connectivity index (χ0n) is 8.91. The van der Waals surface area contributed by atoms with E-state index in [1.165, 1.54) is 0 Å². The van der Waals surface area contributed by atoms with E-state index >= 15 is 0 Å². The molecular formula is C8H24SiTe. The van der Waals surface area contributed by atoms with Crippen molar-refractivity contribution in [2.24, 2.45) is 0 Å². The Hall–Kier alpha value is 1.01. The fourth-order valence-corrected chi connectivity index (χ4v) is 0. The van der Waals surface area contributed by atoms with Gasteiger partial charge in [-0.25, -0.2) is 0 Å². The Balaban J connectivity index is 5.14. The van der Waals surface area contributed by atoms with Crippen molar-refractivity contribution in [3.8, 4) is 0 Å². The van der Waals surface area contributed by atoms with Gasteiger partial charge >= 0.3 is 64.8 Å². The molecule has 0 unspecified atom stereocenters. The minimum atomic E-state index is -2.41. The summed E-state index contributed by atoms with van der Waals surface area (Å²) in [4.78, 5) is 12.8. The van der Waals surface area contributed by atoms with E-state index in [2.05, 4.69) is 44.5 Å². The number of rotatable bonds is 1. The molecule has 0 atom stereocenters. The maximum atomic E-state index is 2.56. The van der Waals surface area contributed by atoms with Crippen LogP contribution in [0.25, 0.3) is 0 Å². The van der Waals surface area contributed by atoms with Crippen LogP contribution >= 0.6 is 0 Å². The molecule has 0 rings (SSSR count). The van der Waals surface area contributed by atoms with Crippen LogP contribution in [0.5, 0.6) is 0 Å². The van der Waals surface area contributed by atoms with Crippen LogP contribution in [0.3, 0.4) is 0 Å². The molecule has 0 amide bonds. The number of hydrogen-bond donors (Lipinski definition) is 0. The first-order chi connectivity index (χ1) is 3.75.